The van der Waals surface area contributed by atoms with Crippen LogP contribution in [0.15, 0.2) is 76.4 Å². The number of amides is 2. The molecule has 0 radical (unpaired) electrons. The standard InChI is InChI=1S/C28H26N2O5/c1-4-29-15-16(2)25(31)23-24(20-7-5-6-8-21(20)27(29)33)30(28(34)26(23)32)19-12-10-18(11-13-19)22-14-9-17(3)35-22/h5-14,16,24,32H,4,15H2,1-3H3. The van der Waals surface area contributed by atoms with Crippen molar-refractivity contribution in [3.63, 3.8) is 0 Å². The molecule has 0 spiro atoms. The first-order chi connectivity index (χ1) is 16.8. The number of hydrogen-bond donors (Lipinski definition) is 1. The molecule has 2 aromatic carbocycles. The van der Waals surface area contributed by atoms with Crippen molar-refractivity contribution in [2.75, 3.05) is 18.0 Å². The Hall–Kier alpha value is -4.13. The van der Waals surface area contributed by atoms with Gasteiger partial charge < -0.3 is 14.4 Å². The molecule has 178 valence electrons. The molecule has 3 aromatic rings. The maximum absolute atomic E-state index is 13.5. The summed E-state index contributed by atoms with van der Waals surface area (Å²) < 4.78 is 5.69. The Balaban J connectivity index is 1.66. The molecule has 0 fully saturated rings. The van der Waals surface area contributed by atoms with E-state index in [4.69, 9.17) is 4.42 Å². The summed E-state index contributed by atoms with van der Waals surface area (Å²) in [5, 5.41) is 10.9. The number of carbonyl (C=O) groups excluding carboxylic acids is 3. The zero-order chi connectivity index (χ0) is 24.9. The Morgan fingerprint density at radius 1 is 0.971 bits per heavy atom. The number of benzene rings is 2. The topological polar surface area (TPSA) is 91.1 Å². The lowest BCUT2D eigenvalue weighted by atomic mass is 9.89. The molecule has 2 amide bonds. The van der Waals surface area contributed by atoms with Crippen molar-refractivity contribution in [3.8, 4) is 11.3 Å². The van der Waals surface area contributed by atoms with Crippen molar-refractivity contribution in [1.29, 1.82) is 0 Å². The summed E-state index contributed by atoms with van der Waals surface area (Å²) in [6.45, 7) is 6.10. The van der Waals surface area contributed by atoms with Gasteiger partial charge in [0.1, 0.15) is 11.5 Å². The van der Waals surface area contributed by atoms with Crippen LogP contribution in [0, 0.1) is 12.8 Å². The monoisotopic (exact) mass is 470 g/mol. The maximum atomic E-state index is 13.5. The maximum Gasteiger partial charge on any atom is 0.294 e. The van der Waals surface area contributed by atoms with Crippen molar-refractivity contribution in [1.82, 2.24) is 4.90 Å². The number of Topliss-reactive ketones (excluding diaryl/α,β-unsaturated/α-hetero) is 1. The van der Waals surface area contributed by atoms with Crippen molar-refractivity contribution < 1.29 is 23.9 Å². The van der Waals surface area contributed by atoms with Crippen molar-refractivity contribution in [2.45, 2.75) is 26.8 Å². The second kappa shape index (κ2) is 8.58. The van der Waals surface area contributed by atoms with Gasteiger partial charge in [-0.15, -0.1) is 0 Å². The van der Waals surface area contributed by atoms with Gasteiger partial charge in [0.25, 0.3) is 11.8 Å². The van der Waals surface area contributed by atoms with Crippen molar-refractivity contribution in [3.05, 3.63) is 88.9 Å². The predicted octanol–water partition coefficient (Wildman–Crippen LogP) is 4.84. The zero-order valence-electron chi connectivity index (χ0n) is 19.8. The summed E-state index contributed by atoms with van der Waals surface area (Å²) in [5.74, 6) is -0.860. The number of anilines is 1. The normalized spacial score (nSPS) is 20.5. The molecule has 1 N–H and O–H groups in total. The number of rotatable bonds is 3. The third kappa shape index (κ3) is 3.64. The highest BCUT2D eigenvalue weighted by atomic mass is 16.3. The minimum atomic E-state index is -0.911. The number of nitrogens with zero attached hydrogens (tertiary/aromatic N) is 2. The van der Waals surface area contributed by atoms with Crippen LogP contribution in [0.2, 0.25) is 0 Å². The minimum Gasteiger partial charge on any atom is -0.503 e. The lowest BCUT2D eigenvalue weighted by Crippen LogP contribution is -2.36. The predicted molar refractivity (Wildman–Crippen MR) is 131 cm³/mol. The number of furan rings is 1. The first-order valence-electron chi connectivity index (χ1n) is 11.7. The Morgan fingerprint density at radius 2 is 1.69 bits per heavy atom. The van der Waals surface area contributed by atoms with Gasteiger partial charge in [-0.1, -0.05) is 25.1 Å². The van der Waals surface area contributed by atoms with Crippen LogP contribution in [-0.4, -0.2) is 40.7 Å². The molecular formula is C28H26N2O5. The number of aliphatic hydroxyl groups is 1. The van der Waals surface area contributed by atoms with Crippen LogP contribution in [0.4, 0.5) is 5.69 Å². The van der Waals surface area contributed by atoms with E-state index < -0.39 is 23.6 Å². The summed E-state index contributed by atoms with van der Waals surface area (Å²) in [6, 6.07) is 17.0. The number of ketones is 1. The number of fused-ring (bicyclic) bond motifs is 3. The van der Waals surface area contributed by atoms with E-state index in [1.54, 1.807) is 48.2 Å². The number of aryl methyl sites for hydroxylation is 1. The number of hydrogen-bond acceptors (Lipinski definition) is 5. The average molecular weight is 471 g/mol. The molecule has 5 rings (SSSR count). The SMILES string of the molecule is CCN1CC(C)C(=O)C2=C(O)C(=O)N(c3ccc(-c4ccc(C)o4)cc3)C2c2ccccc2C1=O. The van der Waals surface area contributed by atoms with Gasteiger partial charge in [0.15, 0.2) is 11.5 Å². The van der Waals surface area contributed by atoms with Gasteiger partial charge in [0, 0.05) is 35.8 Å². The molecule has 1 aromatic heterocycles. The number of aliphatic hydroxyl groups excluding tert-OH is 1. The van der Waals surface area contributed by atoms with Crippen molar-refractivity contribution >= 4 is 23.3 Å². The average Bonchev–Trinajstić information content (AvgIpc) is 3.42. The van der Waals surface area contributed by atoms with Gasteiger partial charge in [-0.05, 0) is 61.9 Å². The van der Waals surface area contributed by atoms with Gasteiger partial charge in [-0.2, -0.15) is 0 Å². The minimum absolute atomic E-state index is 0.0337. The largest absolute Gasteiger partial charge is 0.503 e. The van der Waals surface area contributed by atoms with Crippen molar-refractivity contribution in [2.24, 2.45) is 5.92 Å². The van der Waals surface area contributed by atoms with E-state index in [0.717, 1.165) is 11.3 Å². The Bertz CT molecular complexity index is 1370. The zero-order valence-corrected chi connectivity index (χ0v) is 19.8. The van der Waals surface area contributed by atoms with Gasteiger partial charge >= 0.3 is 0 Å². The molecule has 0 aliphatic carbocycles. The molecule has 2 aliphatic heterocycles. The molecule has 7 nitrogen and oxygen atoms in total. The van der Waals surface area contributed by atoms with E-state index in [9.17, 15) is 19.5 Å². The molecule has 2 unspecified atom stereocenters. The van der Waals surface area contributed by atoms with Crippen LogP contribution in [0.3, 0.4) is 0 Å². The summed E-state index contributed by atoms with van der Waals surface area (Å²) in [6.07, 6.45) is 0. The molecular weight excluding hydrogens is 444 g/mol. The fourth-order valence-electron chi connectivity index (χ4n) is 4.93. The Labute approximate surface area is 203 Å². The van der Waals surface area contributed by atoms with Crippen LogP contribution >= 0.6 is 0 Å². The molecule has 0 saturated heterocycles. The second-order valence-corrected chi connectivity index (χ2v) is 8.99. The van der Waals surface area contributed by atoms with E-state index in [2.05, 4.69) is 0 Å². The molecule has 0 saturated carbocycles. The highest BCUT2D eigenvalue weighted by molar-refractivity contribution is 6.17. The van der Waals surface area contributed by atoms with Crippen LogP contribution in [0.5, 0.6) is 0 Å². The fourth-order valence-corrected chi connectivity index (χ4v) is 4.93. The Morgan fingerprint density at radius 3 is 2.34 bits per heavy atom. The third-order valence-electron chi connectivity index (χ3n) is 6.74. The molecule has 0 bridgehead atoms. The fraction of sp³-hybridized carbons (Fsp3) is 0.250. The molecule has 3 heterocycles. The van der Waals surface area contributed by atoms with Crippen LogP contribution in [0.1, 0.15) is 41.6 Å². The van der Waals surface area contributed by atoms with E-state index >= 15 is 0 Å². The summed E-state index contributed by atoms with van der Waals surface area (Å²) in [4.78, 5) is 43.4. The van der Waals surface area contributed by atoms with E-state index in [1.165, 1.54) is 4.90 Å². The van der Waals surface area contributed by atoms with Gasteiger partial charge in [-0.3, -0.25) is 19.3 Å². The summed E-state index contributed by atoms with van der Waals surface area (Å²) >= 11 is 0. The summed E-state index contributed by atoms with van der Waals surface area (Å²) in [5.41, 5.74) is 2.29. The molecule has 2 aliphatic rings. The third-order valence-corrected chi connectivity index (χ3v) is 6.74. The first kappa shape index (κ1) is 22.7. The summed E-state index contributed by atoms with van der Waals surface area (Å²) in [7, 11) is 0. The van der Waals surface area contributed by atoms with Gasteiger partial charge in [-0.25, -0.2) is 0 Å². The van der Waals surface area contributed by atoms with E-state index in [1.807, 2.05) is 38.1 Å². The van der Waals surface area contributed by atoms with Crippen LogP contribution in [-0.2, 0) is 9.59 Å². The van der Waals surface area contributed by atoms with Gasteiger partial charge in [0.2, 0.25) is 0 Å². The second-order valence-electron chi connectivity index (χ2n) is 8.99. The number of carbonyl (C=O) groups is 3. The first-order valence-corrected chi connectivity index (χ1v) is 11.7. The molecule has 2 atom stereocenters. The van der Waals surface area contributed by atoms with Crippen LogP contribution < -0.4 is 4.90 Å². The van der Waals surface area contributed by atoms with E-state index in [-0.39, 0.29) is 23.8 Å². The van der Waals surface area contributed by atoms with Crippen LogP contribution in [0.25, 0.3) is 11.3 Å². The highest BCUT2D eigenvalue weighted by Gasteiger charge is 2.47. The highest BCUT2D eigenvalue weighted by Crippen LogP contribution is 2.44. The lowest BCUT2D eigenvalue weighted by Gasteiger charge is -2.28. The molecule has 7 heteroatoms. The quantitative estimate of drug-likeness (QED) is 0.592. The lowest BCUT2D eigenvalue weighted by molar-refractivity contribution is -0.120. The smallest absolute Gasteiger partial charge is 0.294 e. The molecule has 35 heavy (non-hydrogen) atoms. The van der Waals surface area contributed by atoms with E-state index in [0.29, 0.717) is 29.1 Å². The Kier molecular flexibility index (Phi) is 5.55. The van der Waals surface area contributed by atoms with Gasteiger partial charge in [0.05, 0.1) is 11.6 Å².